The number of nitrogens with one attached hydrogen (secondary N) is 1. The van der Waals surface area contributed by atoms with E-state index in [0.29, 0.717) is 16.3 Å². The molecule has 5 nitrogen and oxygen atoms in total. The largest absolute Gasteiger partial charge is 0.465 e. The topological polar surface area (TPSA) is 68.5 Å². The molecule has 0 aliphatic heterocycles. The molecule has 1 aromatic heterocycles. The van der Waals surface area contributed by atoms with Crippen molar-refractivity contribution in [1.29, 1.82) is 0 Å². The summed E-state index contributed by atoms with van der Waals surface area (Å²) in [6.07, 6.45) is 1.71. The second kappa shape index (κ2) is 6.99. The lowest BCUT2D eigenvalue weighted by Crippen LogP contribution is -2.15. The van der Waals surface area contributed by atoms with Gasteiger partial charge in [-0.25, -0.2) is 4.79 Å². The highest BCUT2D eigenvalue weighted by molar-refractivity contribution is 6.33. The fraction of sp³-hybridized carbons (Fsp3) is 0.158. The number of amides is 1. The molecular formula is C19H16ClNO4. The average Bonchev–Trinajstić information content (AvgIpc) is 2.97. The van der Waals surface area contributed by atoms with Gasteiger partial charge in [0.05, 0.1) is 36.1 Å². The Morgan fingerprint density at radius 1 is 1.20 bits per heavy atom. The summed E-state index contributed by atoms with van der Waals surface area (Å²) < 4.78 is 10.2. The number of ether oxygens (including phenoxy) is 1. The first-order valence-electron chi connectivity index (χ1n) is 7.62. The van der Waals surface area contributed by atoms with Crippen LogP contribution in [0.2, 0.25) is 5.02 Å². The highest BCUT2D eigenvalue weighted by atomic mass is 35.5. The van der Waals surface area contributed by atoms with Gasteiger partial charge in [-0.3, -0.25) is 4.79 Å². The number of benzene rings is 2. The van der Waals surface area contributed by atoms with Crippen molar-refractivity contribution in [2.75, 3.05) is 12.4 Å². The molecule has 0 atom stereocenters. The van der Waals surface area contributed by atoms with Gasteiger partial charge in [0.25, 0.3) is 0 Å². The fourth-order valence-electron chi connectivity index (χ4n) is 2.56. The lowest BCUT2D eigenvalue weighted by Gasteiger charge is -2.08. The highest BCUT2D eigenvalue weighted by Crippen LogP contribution is 2.25. The second-order valence-corrected chi connectivity index (χ2v) is 6.08. The van der Waals surface area contributed by atoms with Crippen LogP contribution in [0.25, 0.3) is 11.0 Å². The first-order valence-corrected chi connectivity index (χ1v) is 8.00. The minimum atomic E-state index is -0.497. The van der Waals surface area contributed by atoms with E-state index in [1.54, 1.807) is 12.3 Å². The van der Waals surface area contributed by atoms with Gasteiger partial charge in [0.15, 0.2) is 0 Å². The van der Waals surface area contributed by atoms with E-state index >= 15 is 0 Å². The Balaban J connectivity index is 1.79. The summed E-state index contributed by atoms with van der Waals surface area (Å²) in [7, 11) is 1.29. The fourth-order valence-corrected chi connectivity index (χ4v) is 2.73. The zero-order valence-corrected chi connectivity index (χ0v) is 14.5. The van der Waals surface area contributed by atoms with Crippen LogP contribution in [0.3, 0.4) is 0 Å². The first-order chi connectivity index (χ1) is 12.0. The summed E-state index contributed by atoms with van der Waals surface area (Å²) in [5, 5.41) is 3.96. The van der Waals surface area contributed by atoms with E-state index in [4.69, 9.17) is 16.0 Å². The third-order valence-electron chi connectivity index (χ3n) is 3.82. The van der Waals surface area contributed by atoms with Gasteiger partial charge < -0.3 is 14.5 Å². The summed E-state index contributed by atoms with van der Waals surface area (Å²) in [5.74, 6) is -0.754. The van der Waals surface area contributed by atoms with E-state index in [0.717, 1.165) is 22.1 Å². The molecule has 1 N–H and O–H groups in total. The Bertz CT molecular complexity index is 961. The quantitative estimate of drug-likeness (QED) is 0.704. The number of aryl methyl sites for hydroxylation is 1. The van der Waals surface area contributed by atoms with Crippen molar-refractivity contribution in [2.45, 2.75) is 13.3 Å². The molecule has 1 amide bonds. The lowest BCUT2D eigenvalue weighted by atomic mass is 10.1. The molecule has 6 heteroatoms. The van der Waals surface area contributed by atoms with Crippen molar-refractivity contribution in [3.63, 3.8) is 0 Å². The third-order valence-corrected chi connectivity index (χ3v) is 4.15. The molecule has 0 bridgehead atoms. The highest BCUT2D eigenvalue weighted by Gasteiger charge is 2.14. The van der Waals surface area contributed by atoms with Crippen LogP contribution >= 0.6 is 11.6 Å². The monoisotopic (exact) mass is 357 g/mol. The maximum absolute atomic E-state index is 12.4. The number of anilines is 1. The number of halogens is 1. The predicted molar refractivity (Wildman–Crippen MR) is 96.1 cm³/mol. The summed E-state index contributed by atoms with van der Waals surface area (Å²) >= 11 is 6.10. The molecule has 0 fully saturated rings. The van der Waals surface area contributed by atoms with Crippen LogP contribution in [-0.2, 0) is 16.0 Å². The molecule has 0 spiro atoms. The lowest BCUT2D eigenvalue weighted by molar-refractivity contribution is -0.115. The number of carbonyl (C=O) groups excluding carboxylic acids is 2. The molecular weight excluding hydrogens is 342 g/mol. The normalized spacial score (nSPS) is 10.7. The van der Waals surface area contributed by atoms with Gasteiger partial charge in [-0.2, -0.15) is 0 Å². The van der Waals surface area contributed by atoms with Crippen molar-refractivity contribution in [1.82, 2.24) is 0 Å². The van der Waals surface area contributed by atoms with Crippen LogP contribution in [-0.4, -0.2) is 19.0 Å². The smallest absolute Gasteiger partial charge is 0.337 e. The maximum Gasteiger partial charge on any atom is 0.337 e. The van der Waals surface area contributed by atoms with Gasteiger partial charge in [-0.15, -0.1) is 0 Å². The Morgan fingerprint density at radius 2 is 2.00 bits per heavy atom. The number of hydrogen-bond donors (Lipinski definition) is 1. The van der Waals surface area contributed by atoms with E-state index in [1.165, 1.54) is 19.2 Å². The Morgan fingerprint density at radius 3 is 2.76 bits per heavy atom. The van der Waals surface area contributed by atoms with Gasteiger partial charge in [0.2, 0.25) is 5.91 Å². The third kappa shape index (κ3) is 3.67. The number of fused-ring (bicyclic) bond motifs is 1. The minimum Gasteiger partial charge on any atom is -0.465 e. The Hall–Kier alpha value is -2.79. The van der Waals surface area contributed by atoms with Crippen molar-refractivity contribution >= 4 is 40.1 Å². The number of furan rings is 1. The molecule has 0 saturated heterocycles. The van der Waals surface area contributed by atoms with E-state index < -0.39 is 5.97 Å². The molecule has 25 heavy (non-hydrogen) atoms. The molecule has 0 unspecified atom stereocenters. The van der Waals surface area contributed by atoms with Gasteiger partial charge in [-0.1, -0.05) is 23.7 Å². The number of methoxy groups -OCH3 is 1. The van der Waals surface area contributed by atoms with Crippen LogP contribution in [0, 0.1) is 6.92 Å². The molecule has 3 rings (SSSR count). The number of rotatable bonds is 4. The Labute approximate surface area is 149 Å². The molecule has 0 saturated carbocycles. The van der Waals surface area contributed by atoms with Crippen molar-refractivity contribution < 1.29 is 18.7 Å². The molecule has 128 valence electrons. The van der Waals surface area contributed by atoms with Crippen LogP contribution in [0.5, 0.6) is 0 Å². The summed E-state index contributed by atoms with van der Waals surface area (Å²) in [6, 6.07) is 10.4. The summed E-state index contributed by atoms with van der Waals surface area (Å²) in [5.41, 5.74) is 3.29. The first kappa shape index (κ1) is 17.0. The molecule has 2 aromatic carbocycles. The molecule has 0 aliphatic carbocycles. The van der Waals surface area contributed by atoms with Crippen molar-refractivity contribution in [3.8, 4) is 0 Å². The zero-order chi connectivity index (χ0) is 18.0. The van der Waals surface area contributed by atoms with E-state index in [1.807, 2.05) is 25.1 Å². The summed E-state index contributed by atoms with van der Waals surface area (Å²) in [4.78, 5) is 24.0. The molecule has 1 heterocycles. The van der Waals surface area contributed by atoms with Gasteiger partial charge in [-0.05, 0) is 36.8 Å². The standard InChI is InChI=1S/C19H16ClNO4/c1-11-3-5-14-13(10-25-17(14)7-11)9-18(22)21-16-8-12(19(23)24-2)4-6-15(16)20/h3-8,10H,9H2,1-2H3,(H,21,22). The van der Waals surface area contributed by atoms with Crippen LogP contribution in [0.4, 0.5) is 5.69 Å². The van der Waals surface area contributed by atoms with Crippen molar-refractivity contribution in [2.24, 2.45) is 0 Å². The van der Waals surface area contributed by atoms with Crippen LogP contribution < -0.4 is 5.32 Å². The average molecular weight is 358 g/mol. The van der Waals surface area contributed by atoms with Crippen LogP contribution in [0.1, 0.15) is 21.5 Å². The number of carbonyl (C=O) groups is 2. The van der Waals surface area contributed by atoms with Gasteiger partial charge in [0.1, 0.15) is 5.58 Å². The van der Waals surface area contributed by atoms with Gasteiger partial charge >= 0.3 is 5.97 Å². The second-order valence-electron chi connectivity index (χ2n) is 5.67. The molecule has 3 aromatic rings. The minimum absolute atomic E-state index is 0.134. The zero-order valence-electron chi connectivity index (χ0n) is 13.8. The summed E-state index contributed by atoms with van der Waals surface area (Å²) in [6.45, 7) is 1.98. The SMILES string of the molecule is COC(=O)c1ccc(Cl)c(NC(=O)Cc2coc3cc(C)ccc23)c1. The van der Waals surface area contributed by atoms with Crippen LogP contribution in [0.15, 0.2) is 47.1 Å². The molecule has 0 radical (unpaired) electrons. The number of hydrogen-bond acceptors (Lipinski definition) is 4. The van der Waals surface area contributed by atoms with E-state index in [9.17, 15) is 9.59 Å². The predicted octanol–water partition coefficient (Wildman–Crippen LogP) is 4.36. The Kier molecular flexibility index (Phi) is 4.76. The van der Waals surface area contributed by atoms with E-state index in [-0.39, 0.29) is 12.3 Å². The van der Waals surface area contributed by atoms with E-state index in [2.05, 4.69) is 10.1 Å². The van der Waals surface area contributed by atoms with Gasteiger partial charge in [0, 0.05) is 10.9 Å². The molecule has 0 aliphatic rings. The van der Waals surface area contributed by atoms with Crippen molar-refractivity contribution in [3.05, 3.63) is 64.4 Å². The maximum atomic E-state index is 12.4. The number of esters is 1.